The molecule has 0 atom stereocenters. The molecule has 1 fully saturated rings. The summed E-state index contributed by atoms with van der Waals surface area (Å²) in [5.74, 6) is 1.63. The minimum Gasteiger partial charge on any atom is -0.300 e. The monoisotopic (exact) mass is 230 g/mol. The topological polar surface area (TPSA) is 17.1 Å². The maximum absolute atomic E-state index is 11.3. The van der Waals surface area contributed by atoms with E-state index < -0.39 is 0 Å². The molecule has 0 amide bonds. The number of rotatable bonds is 2. The van der Waals surface area contributed by atoms with Crippen LogP contribution in [0.1, 0.15) is 68.1 Å². The third-order valence-corrected chi connectivity index (χ3v) is 3.95. The van der Waals surface area contributed by atoms with Crippen molar-refractivity contribution in [2.24, 2.45) is 0 Å². The SMILES string of the molecule is Cc1ccc(C(C)C)cc1C1CCC(=O)CC1. The van der Waals surface area contributed by atoms with Gasteiger partial charge in [-0.1, -0.05) is 32.0 Å². The summed E-state index contributed by atoms with van der Waals surface area (Å²) in [4.78, 5) is 11.3. The molecule has 0 unspecified atom stereocenters. The van der Waals surface area contributed by atoms with E-state index in [0.717, 1.165) is 25.7 Å². The van der Waals surface area contributed by atoms with E-state index >= 15 is 0 Å². The highest BCUT2D eigenvalue weighted by atomic mass is 16.1. The molecule has 1 aromatic carbocycles. The molecule has 92 valence electrons. The third kappa shape index (κ3) is 2.77. The van der Waals surface area contributed by atoms with E-state index in [2.05, 4.69) is 39.0 Å². The Labute approximate surface area is 104 Å². The van der Waals surface area contributed by atoms with E-state index in [0.29, 0.717) is 17.6 Å². The normalized spacial score (nSPS) is 17.8. The predicted molar refractivity (Wildman–Crippen MR) is 71.5 cm³/mol. The van der Waals surface area contributed by atoms with E-state index in [1.165, 1.54) is 16.7 Å². The van der Waals surface area contributed by atoms with Gasteiger partial charge in [0.1, 0.15) is 5.78 Å². The summed E-state index contributed by atoms with van der Waals surface area (Å²) in [7, 11) is 0. The molecule has 1 aromatic rings. The second-order valence-corrected chi connectivity index (χ2v) is 5.58. The van der Waals surface area contributed by atoms with Gasteiger partial charge >= 0.3 is 0 Å². The number of aryl methyl sites for hydroxylation is 1. The van der Waals surface area contributed by atoms with Crippen molar-refractivity contribution < 1.29 is 4.79 Å². The van der Waals surface area contributed by atoms with E-state index in [-0.39, 0.29) is 0 Å². The molecule has 0 spiro atoms. The maximum Gasteiger partial charge on any atom is 0.132 e. The fourth-order valence-electron chi connectivity index (χ4n) is 2.71. The van der Waals surface area contributed by atoms with Gasteiger partial charge in [-0.2, -0.15) is 0 Å². The number of carbonyl (C=O) groups is 1. The fraction of sp³-hybridized carbons (Fsp3) is 0.562. The fourth-order valence-corrected chi connectivity index (χ4v) is 2.71. The Morgan fingerprint density at radius 2 is 1.82 bits per heavy atom. The van der Waals surface area contributed by atoms with Crippen molar-refractivity contribution in [2.75, 3.05) is 0 Å². The van der Waals surface area contributed by atoms with Gasteiger partial charge in [-0.3, -0.25) is 4.79 Å². The summed E-state index contributed by atoms with van der Waals surface area (Å²) in [5, 5.41) is 0. The molecular weight excluding hydrogens is 208 g/mol. The van der Waals surface area contributed by atoms with Gasteiger partial charge < -0.3 is 0 Å². The third-order valence-electron chi connectivity index (χ3n) is 3.95. The van der Waals surface area contributed by atoms with Gasteiger partial charge in [-0.25, -0.2) is 0 Å². The van der Waals surface area contributed by atoms with Crippen molar-refractivity contribution in [3.63, 3.8) is 0 Å². The van der Waals surface area contributed by atoms with Gasteiger partial charge in [-0.05, 0) is 48.3 Å². The molecule has 1 nitrogen and oxygen atoms in total. The summed E-state index contributed by atoms with van der Waals surface area (Å²) < 4.78 is 0. The van der Waals surface area contributed by atoms with Crippen molar-refractivity contribution in [1.29, 1.82) is 0 Å². The van der Waals surface area contributed by atoms with Crippen LogP contribution in [0.4, 0.5) is 0 Å². The molecule has 1 aliphatic carbocycles. The van der Waals surface area contributed by atoms with Gasteiger partial charge in [0.2, 0.25) is 0 Å². The molecule has 0 bridgehead atoms. The summed E-state index contributed by atoms with van der Waals surface area (Å²) in [6.45, 7) is 6.66. The Bertz CT molecular complexity index is 408. The second-order valence-electron chi connectivity index (χ2n) is 5.58. The lowest BCUT2D eigenvalue weighted by molar-refractivity contribution is -0.120. The molecule has 0 aliphatic heterocycles. The van der Waals surface area contributed by atoms with Crippen LogP contribution in [0.15, 0.2) is 18.2 Å². The first-order chi connectivity index (χ1) is 8.08. The van der Waals surface area contributed by atoms with Crippen LogP contribution < -0.4 is 0 Å². The molecule has 0 radical (unpaired) electrons. The molecule has 2 rings (SSSR count). The number of hydrogen-bond donors (Lipinski definition) is 0. The largest absolute Gasteiger partial charge is 0.300 e. The molecular formula is C16H22O. The Hall–Kier alpha value is -1.11. The molecule has 1 heteroatoms. The van der Waals surface area contributed by atoms with Crippen LogP contribution in [0.3, 0.4) is 0 Å². The van der Waals surface area contributed by atoms with Crippen LogP contribution in [0.25, 0.3) is 0 Å². The zero-order valence-corrected chi connectivity index (χ0v) is 11.1. The molecule has 1 saturated carbocycles. The lowest BCUT2D eigenvalue weighted by Crippen LogP contribution is -2.13. The summed E-state index contributed by atoms with van der Waals surface area (Å²) >= 11 is 0. The lowest BCUT2D eigenvalue weighted by Gasteiger charge is -2.24. The van der Waals surface area contributed by atoms with Crippen LogP contribution in [0.5, 0.6) is 0 Å². The van der Waals surface area contributed by atoms with Gasteiger partial charge in [0, 0.05) is 12.8 Å². The molecule has 0 heterocycles. The Morgan fingerprint density at radius 1 is 1.18 bits per heavy atom. The predicted octanol–water partition coefficient (Wildman–Crippen LogP) is 4.35. The zero-order valence-electron chi connectivity index (χ0n) is 11.1. The molecule has 0 N–H and O–H groups in total. The van der Waals surface area contributed by atoms with E-state index in [4.69, 9.17) is 0 Å². The number of Topliss-reactive ketones (excluding diaryl/α,β-unsaturated/α-hetero) is 1. The minimum absolute atomic E-state index is 0.443. The van der Waals surface area contributed by atoms with Gasteiger partial charge in [-0.15, -0.1) is 0 Å². The molecule has 0 saturated heterocycles. The Kier molecular flexibility index (Phi) is 3.66. The van der Waals surface area contributed by atoms with Crippen LogP contribution in [0, 0.1) is 6.92 Å². The average molecular weight is 230 g/mol. The lowest BCUT2D eigenvalue weighted by atomic mass is 9.80. The summed E-state index contributed by atoms with van der Waals surface area (Å²) in [6.07, 6.45) is 3.63. The van der Waals surface area contributed by atoms with E-state index in [9.17, 15) is 4.79 Å². The quantitative estimate of drug-likeness (QED) is 0.738. The van der Waals surface area contributed by atoms with Crippen LogP contribution >= 0.6 is 0 Å². The van der Waals surface area contributed by atoms with Crippen molar-refractivity contribution in [3.8, 4) is 0 Å². The van der Waals surface area contributed by atoms with E-state index in [1.54, 1.807) is 0 Å². The van der Waals surface area contributed by atoms with Crippen molar-refractivity contribution in [3.05, 3.63) is 34.9 Å². The number of hydrogen-bond acceptors (Lipinski definition) is 1. The van der Waals surface area contributed by atoms with Crippen LogP contribution in [0.2, 0.25) is 0 Å². The highest BCUT2D eigenvalue weighted by Gasteiger charge is 2.21. The molecule has 17 heavy (non-hydrogen) atoms. The van der Waals surface area contributed by atoms with Crippen LogP contribution in [-0.4, -0.2) is 5.78 Å². The van der Waals surface area contributed by atoms with Crippen molar-refractivity contribution in [1.82, 2.24) is 0 Å². The first-order valence-electron chi connectivity index (χ1n) is 6.70. The van der Waals surface area contributed by atoms with Crippen molar-refractivity contribution in [2.45, 2.75) is 58.3 Å². The standard InChI is InChI=1S/C16H22O/c1-11(2)14-5-4-12(3)16(10-14)13-6-8-15(17)9-7-13/h4-5,10-11,13H,6-9H2,1-3H3. The Balaban J connectivity index is 2.24. The second kappa shape index (κ2) is 5.03. The first kappa shape index (κ1) is 12.3. The molecule has 0 aromatic heterocycles. The van der Waals surface area contributed by atoms with E-state index in [1.807, 2.05) is 0 Å². The average Bonchev–Trinajstić information content (AvgIpc) is 2.31. The Morgan fingerprint density at radius 3 is 2.41 bits per heavy atom. The molecule has 1 aliphatic rings. The number of ketones is 1. The zero-order chi connectivity index (χ0) is 12.4. The van der Waals surface area contributed by atoms with Gasteiger partial charge in [0.15, 0.2) is 0 Å². The minimum atomic E-state index is 0.443. The highest BCUT2D eigenvalue weighted by Crippen LogP contribution is 2.34. The summed E-state index contributed by atoms with van der Waals surface area (Å²) in [6, 6.07) is 6.83. The van der Waals surface area contributed by atoms with Crippen molar-refractivity contribution >= 4 is 5.78 Å². The van der Waals surface area contributed by atoms with Crippen LogP contribution in [-0.2, 0) is 4.79 Å². The first-order valence-corrected chi connectivity index (χ1v) is 6.70. The van der Waals surface area contributed by atoms with Gasteiger partial charge in [0.25, 0.3) is 0 Å². The summed E-state index contributed by atoms with van der Waals surface area (Å²) in [5.41, 5.74) is 4.28. The highest BCUT2D eigenvalue weighted by molar-refractivity contribution is 5.79. The number of benzene rings is 1. The van der Waals surface area contributed by atoms with Gasteiger partial charge in [0.05, 0.1) is 0 Å². The smallest absolute Gasteiger partial charge is 0.132 e. The maximum atomic E-state index is 11.3. The number of carbonyl (C=O) groups excluding carboxylic acids is 1.